The molecule has 0 unspecified atom stereocenters. The minimum absolute atomic E-state index is 0.0651. The van der Waals surface area contributed by atoms with Crippen molar-refractivity contribution in [2.75, 3.05) is 27.4 Å². The number of methoxy groups -OCH3 is 2. The van der Waals surface area contributed by atoms with Crippen molar-refractivity contribution in [3.8, 4) is 5.75 Å². The predicted molar refractivity (Wildman–Crippen MR) is 81.8 cm³/mol. The molecule has 0 spiro atoms. The van der Waals surface area contributed by atoms with Gasteiger partial charge in [-0.15, -0.1) is 0 Å². The molecule has 0 aliphatic carbocycles. The normalized spacial score (nSPS) is 11.0. The number of rotatable bonds is 7. The van der Waals surface area contributed by atoms with Crippen LogP contribution in [0.1, 0.15) is 30.6 Å². The van der Waals surface area contributed by atoms with Gasteiger partial charge >= 0.3 is 5.97 Å². The highest BCUT2D eigenvalue weighted by Gasteiger charge is 2.31. The lowest BCUT2D eigenvalue weighted by Crippen LogP contribution is -2.51. The summed E-state index contributed by atoms with van der Waals surface area (Å²) in [5, 5.41) is 9.55. The lowest BCUT2D eigenvalue weighted by atomic mass is 10.0. The van der Waals surface area contributed by atoms with Gasteiger partial charge in [-0.25, -0.2) is 0 Å². The summed E-state index contributed by atoms with van der Waals surface area (Å²) in [6.07, 6.45) is 0.0651. The van der Waals surface area contributed by atoms with Crippen LogP contribution in [0.2, 0.25) is 0 Å². The van der Waals surface area contributed by atoms with Crippen molar-refractivity contribution in [2.24, 2.45) is 0 Å². The Kier molecular flexibility index (Phi) is 6.37. The summed E-state index contributed by atoms with van der Waals surface area (Å²) >= 11 is 0. The molecule has 0 saturated carbocycles. The van der Waals surface area contributed by atoms with Gasteiger partial charge in [-0.05, 0) is 32.0 Å². The number of nitrogens with zero attached hydrogens (tertiary/aromatic N) is 1. The fourth-order valence-corrected chi connectivity index (χ4v) is 1.98. The molecule has 0 heterocycles. The average Bonchev–Trinajstić information content (AvgIpc) is 2.54. The molecule has 0 aliphatic rings. The van der Waals surface area contributed by atoms with E-state index in [0.717, 1.165) is 0 Å². The van der Waals surface area contributed by atoms with E-state index in [-0.39, 0.29) is 25.5 Å². The number of hydrogen-bond donors (Lipinski definition) is 1. The molecule has 0 saturated heterocycles. The van der Waals surface area contributed by atoms with Crippen LogP contribution in [0.15, 0.2) is 24.3 Å². The second kappa shape index (κ2) is 7.79. The molecule has 6 nitrogen and oxygen atoms in total. The molecular formula is C16H23NO5. The first-order valence-corrected chi connectivity index (χ1v) is 6.99. The van der Waals surface area contributed by atoms with Crippen LogP contribution in [0.4, 0.5) is 0 Å². The minimum atomic E-state index is -0.797. The number of hydrogen-bond acceptors (Lipinski definition) is 5. The summed E-state index contributed by atoms with van der Waals surface area (Å²) < 4.78 is 9.73. The standard InChI is InChI=1S/C16H23NO5/c1-16(2,11-18)17(9-8-14(19)22-4)15(20)12-6-5-7-13(10-12)21-3/h5-7,10,18H,8-9,11H2,1-4H3. The van der Waals surface area contributed by atoms with Gasteiger partial charge < -0.3 is 19.5 Å². The van der Waals surface area contributed by atoms with Crippen LogP contribution in [-0.4, -0.2) is 54.8 Å². The van der Waals surface area contributed by atoms with Crippen molar-refractivity contribution in [3.05, 3.63) is 29.8 Å². The number of esters is 1. The average molecular weight is 309 g/mol. The van der Waals surface area contributed by atoms with E-state index >= 15 is 0 Å². The molecule has 1 aromatic rings. The van der Waals surface area contributed by atoms with Gasteiger partial charge in [-0.1, -0.05) is 6.07 Å². The smallest absolute Gasteiger partial charge is 0.307 e. The highest BCUT2D eigenvalue weighted by Crippen LogP contribution is 2.21. The maximum absolute atomic E-state index is 12.7. The van der Waals surface area contributed by atoms with Crippen LogP contribution in [0.3, 0.4) is 0 Å². The zero-order valence-corrected chi connectivity index (χ0v) is 13.5. The van der Waals surface area contributed by atoms with Crippen LogP contribution < -0.4 is 4.74 Å². The molecule has 6 heteroatoms. The van der Waals surface area contributed by atoms with Gasteiger partial charge in [0.2, 0.25) is 0 Å². The lowest BCUT2D eigenvalue weighted by molar-refractivity contribution is -0.141. The molecule has 0 aromatic heterocycles. The predicted octanol–water partition coefficient (Wildman–Crippen LogP) is 1.47. The van der Waals surface area contributed by atoms with Gasteiger partial charge in [0.05, 0.1) is 32.8 Å². The monoisotopic (exact) mass is 309 g/mol. The summed E-state index contributed by atoms with van der Waals surface area (Å²) in [6, 6.07) is 6.76. The van der Waals surface area contributed by atoms with E-state index in [4.69, 9.17) is 4.74 Å². The van der Waals surface area contributed by atoms with E-state index in [0.29, 0.717) is 11.3 Å². The largest absolute Gasteiger partial charge is 0.497 e. The fourth-order valence-electron chi connectivity index (χ4n) is 1.98. The Morgan fingerprint density at radius 1 is 1.27 bits per heavy atom. The van der Waals surface area contributed by atoms with Gasteiger partial charge in [0.15, 0.2) is 0 Å². The van der Waals surface area contributed by atoms with Crippen LogP contribution in [-0.2, 0) is 9.53 Å². The maximum Gasteiger partial charge on any atom is 0.307 e. The van der Waals surface area contributed by atoms with Crippen molar-refractivity contribution >= 4 is 11.9 Å². The summed E-state index contributed by atoms with van der Waals surface area (Å²) in [7, 11) is 2.82. The van der Waals surface area contributed by atoms with Gasteiger partial charge in [-0.3, -0.25) is 9.59 Å². The van der Waals surface area contributed by atoms with E-state index in [2.05, 4.69) is 4.74 Å². The van der Waals surface area contributed by atoms with E-state index < -0.39 is 11.5 Å². The number of aliphatic hydroxyl groups is 1. The molecule has 1 amide bonds. The van der Waals surface area contributed by atoms with Crippen molar-refractivity contribution < 1.29 is 24.2 Å². The molecule has 0 bridgehead atoms. The Morgan fingerprint density at radius 3 is 2.50 bits per heavy atom. The Bertz CT molecular complexity index is 527. The third kappa shape index (κ3) is 4.46. The molecule has 1 N–H and O–H groups in total. The third-order valence-corrected chi connectivity index (χ3v) is 3.45. The first kappa shape index (κ1) is 18.0. The Hall–Kier alpha value is -2.08. The van der Waals surface area contributed by atoms with E-state index in [1.165, 1.54) is 19.1 Å². The Labute approximate surface area is 130 Å². The topological polar surface area (TPSA) is 76.1 Å². The van der Waals surface area contributed by atoms with Crippen LogP contribution in [0, 0.1) is 0 Å². The molecule has 0 radical (unpaired) electrons. The first-order chi connectivity index (χ1) is 10.4. The highest BCUT2D eigenvalue weighted by molar-refractivity contribution is 5.95. The quantitative estimate of drug-likeness (QED) is 0.772. The van der Waals surface area contributed by atoms with Gasteiger partial charge in [0.25, 0.3) is 5.91 Å². The molecule has 1 aromatic carbocycles. The van der Waals surface area contributed by atoms with E-state index in [1.54, 1.807) is 38.1 Å². The third-order valence-electron chi connectivity index (χ3n) is 3.45. The van der Waals surface area contributed by atoms with Crippen LogP contribution in [0.5, 0.6) is 5.75 Å². The fraction of sp³-hybridized carbons (Fsp3) is 0.500. The van der Waals surface area contributed by atoms with Crippen LogP contribution >= 0.6 is 0 Å². The zero-order chi connectivity index (χ0) is 16.8. The van der Waals surface area contributed by atoms with Gasteiger partial charge in [0.1, 0.15) is 5.75 Å². The molecule has 122 valence electrons. The number of benzene rings is 1. The SMILES string of the molecule is COC(=O)CCN(C(=O)c1cccc(OC)c1)C(C)(C)CO. The van der Waals surface area contributed by atoms with Crippen molar-refractivity contribution in [1.29, 1.82) is 0 Å². The van der Waals surface area contributed by atoms with Gasteiger partial charge in [-0.2, -0.15) is 0 Å². The van der Waals surface area contributed by atoms with Crippen LogP contribution in [0.25, 0.3) is 0 Å². The molecular weight excluding hydrogens is 286 g/mol. The molecule has 0 atom stereocenters. The van der Waals surface area contributed by atoms with E-state index in [9.17, 15) is 14.7 Å². The number of carbonyl (C=O) groups excluding carboxylic acids is 2. The van der Waals surface area contributed by atoms with Crippen molar-refractivity contribution in [3.63, 3.8) is 0 Å². The minimum Gasteiger partial charge on any atom is -0.497 e. The summed E-state index contributed by atoms with van der Waals surface area (Å²) in [5.41, 5.74) is -0.362. The Balaban J connectivity index is 3.03. The number of ether oxygens (including phenoxy) is 2. The maximum atomic E-state index is 12.7. The second-order valence-electron chi connectivity index (χ2n) is 5.49. The summed E-state index contributed by atoms with van der Waals surface area (Å²) in [5.74, 6) is -0.111. The lowest BCUT2D eigenvalue weighted by Gasteiger charge is -2.37. The van der Waals surface area contributed by atoms with Crippen molar-refractivity contribution in [2.45, 2.75) is 25.8 Å². The zero-order valence-electron chi connectivity index (χ0n) is 13.5. The summed E-state index contributed by atoms with van der Waals surface area (Å²) in [4.78, 5) is 25.5. The van der Waals surface area contributed by atoms with E-state index in [1.807, 2.05) is 0 Å². The number of carbonyl (C=O) groups is 2. The Morgan fingerprint density at radius 2 is 1.95 bits per heavy atom. The first-order valence-electron chi connectivity index (χ1n) is 6.99. The molecule has 1 rings (SSSR count). The summed E-state index contributed by atoms with van der Waals surface area (Å²) in [6.45, 7) is 3.42. The molecule has 0 fully saturated rings. The highest BCUT2D eigenvalue weighted by atomic mass is 16.5. The second-order valence-corrected chi connectivity index (χ2v) is 5.49. The number of amides is 1. The number of aliphatic hydroxyl groups excluding tert-OH is 1. The van der Waals surface area contributed by atoms with Gasteiger partial charge in [0, 0.05) is 12.1 Å². The molecule has 0 aliphatic heterocycles. The molecule has 22 heavy (non-hydrogen) atoms. The van der Waals surface area contributed by atoms with Crippen molar-refractivity contribution in [1.82, 2.24) is 4.90 Å².